The number of esters is 1. The minimum Gasteiger partial charge on any atom is -0.469 e. The van der Waals surface area contributed by atoms with E-state index in [1.165, 1.54) is 18.2 Å². The SMILES string of the molecule is COC(=O)Cc1ccc2c(c1)CC(C=O)C2. The molecule has 1 aliphatic carbocycles. The second kappa shape index (κ2) is 4.47. The zero-order valence-electron chi connectivity index (χ0n) is 9.23. The molecule has 84 valence electrons. The number of rotatable bonds is 3. The van der Waals surface area contributed by atoms with Crippen molar-refractivity contribution in [2.75, 3.05) is 7.11 Å². The Kier molecular flexibility index (Phi) is 3.04. The smallest absolute Gasteiger partial charge is 0.309 e. The van der Waals surface area contributed by atoms with E-state index in [0.717, 1.165) is 24.7 Å². The van der Waals surface area contributed by atoms with Crippen LogP contribution in [-0.2, 0) is 33.6 Å². The number of carbonyl (C=O) groups excluding carboxylic acids is 2. The maximum atomic E-state index is 11.1. The van der Waals surface area contributed by atoms with Crippen LogP contribution in [0.15, 0.2) is 18.2 Å². The van der Waals surface area contributed by atoms with Gasteiger partial charge in [0.25, 0.3) is 0 Å². The van der Waals surface area contributed by atoms with Crippen LogP contribution in [0.2, 0.25) is 0 Å². The predicted molar refractivity (Wildman–Crippen MR) is 59.1 cm³/mol. The summed E-state index contributed by atoms with van der Waals surface area (Å²) in [5, 5.41) is 0. The number of hydrogen-bond donors (Lipinski definition) is 0. The maximum Gasteiger partial charge on any atom is 0.309 e. The third kappa shape index (κ3) is 2.13. The van der Waals surface area contributed by atoms with Crippen LogP contribution in [0.3, 0.4) is 0 Å². The first-order chi connectivity index (χ1) is 7.72. The number of benzene rings is 1. The van der Waals surface area contributed by atoms with Crippen LogP contribution < -0.4 is 0 Å². The molecule has 1 aromatic rings. The van der Waals surface area contributed by atoms with Crippen LogP contribution in [0.25, 0.3) is 0 Å². The van der Waals surface area contributed by atoms with Crippen LogP contribution in [0.4, 0.5) is 0 Å². The second-order valence-electron chi connectivity index (χ2n) is 4.16. The number of methoxy groups -OCH3 is 1. The molecule has 3 nitrogen and oxygen atoms in total. The summed E-state index contributed by atoms with van der Waals surface area (Å²) in [5.74, 6) is -0.117. The van der Waals surface area contributed by atoms with E-state index >= 15 is 0 Å². The number of aldehydes is 1. The molecule has 0 saturated heterocycles. The Morgan fingerprint density at radius 1 is 1.44 bits per heavy atom. The lowest BCUT2D eigenvalue weighted by molar-refractivity contribution is -0.139. The maximum absolute atomic E-state index is 11.1. The van der Waals surface area contributed by atoms with Gasteiger partial charge in [-0.1, -0.05) is 18.2 Å². The molecule has 0 aliphatic heterocycles. The van der Waals surface area contributed by atoms with Gasteiger partial charge in [-0.3, -0.25) is 4.79 Å². The number of hydrogen-bond acceptors (Lipinski definition) is 3. The van der Waals surface area contributed by atoms with Crippen molar-refractivity contribution < 1.29 is 14.3 Å². The summed E-state index contributed by atoms with van der Waals surface area (Å²) in [6.45, 7) is 0. The van der Waals surface area contributed by atoms with Crippen molar-refractivity contribution in [3.05, 3.63) is 34.9 Å². The summed E-state index contributed by atoms with van der Waals surface area (Å²) < 4.78 is 4.62. The van der Waals surface area contributed by atoms with Crippen molar-refractivity contribution in [1.82, 2.24) is 0 Å². The monoisotopic (exact) mass is 218 g/mol. The van der Waals surface area contributed by atoms with E-state index in [2.05, 4.69) is 4.74 Å². The van der Waals surface area contributed by atoms with E-state index in [1.54, 1.807) is 0 Å². The molecule has 0 fully saturated rings. The van der Waals surface area contributed by atoms with E-state index in [9.17, 15) is 9.59 Å². The first-order valence-electron chi connectivity index (χ1n) is 5.35. The Hall–Kier alpha value is -1.64. The Labute approximate surface area is 94.4 Å². The van der Waals surface area contributed by atoms with E-state index in [1.807, 2.05) is 18.2 Å². The number of ether oxygens (including phenoxy) is 1. The summed E-state index contributed by atoms with van der Waals surface area (Å²) in [4.78, 5) is 21.8. The third-order valence-electron chi connectivity index (χ3n) is 3.00. The average Bonchev–Trinajstić information content (AvgIpc) is 2.71. The van der Waals surface area contributed by atoms with E-state index in [4.69, 9.17) is 0 Å². The molecule has 0 amide bonds. The highest BCUT2D eigenvalue weighted by molar-refractivity contribution is 5.72. The van der Waals surface area contributed by atoms with Crippen LogP contribution in [-0.4, -0.2) is 19.4 Å². The lowest BCUT2D eigenvalue weighted by Gasteiger charge is -2.03. The van der Waals surface area contributed by atoms with Gasteiger partial charge >= 0.3 is 5.97 Å². The minimum atomic E-state index is -0.232. The van der Waals surface area contributed by atoms with Gasteiger partial charge in [-0.15, -0.1) is 0 Å². The van der Waals surface area contributed by atoms with Gasteiger partial charge in [0.15, 0.2) is 0 Å². The van der Waals surface area contributed by atoms with Crippen LogP contribution in [0, 0.1) is 5.92 Å². The second-order valence-corrected chi connectivity index (χ2v) is 4.16. The zero-order chi connectivity index (χ0) is 11.5. The molecular weight excluding hydrogens is 204 g/mol. The molecule has 0 N–H and O–H groups in total. The summed E-state index contributed by atoms with van der Waals surface area (Å²) in [5.41, 5.74) is 3.38. The van der Waals surface area contributed by atoms with E-state index < -0.39 is 0 Å². The first-order valence-corrected chi connectivity index (χ1v) is 5.35. The molecule has 3 heteroatoms. The molecular formula is C13H14O3. The molecule has 0 spiro atoms. The first kappa shape index (κ1) is 10.9. The highest BCUT2D eigenvalue weighted by Crippen LogP contribution is 2.26. The quantitative estimate of drug-likeness (QED) is 0.567. The van der Waals surface area contributed by atoms with Crippen LogP contribution >= 0.6 is 0 Å². The minimum absolute atomic E-state index is 0.114. The summed E-state index contributed by atoms with van der Waals surface area (Å²) in [6, 6.07) is 5.95. The largest absolute Gasteiger partial charge is 0.469 e. The average molecular weight is 218 g/mol. The Bertz CT molecular complexity index is 423. The van der Waals surface area contributed by atoms with Crippen molar-refractivity contribution in [2.45, 2.75) is 19.3 Å². The number of fused-ring (bicyclic) bond motifs is 1. The fourth-order valence-corrected chi connectivity index (χ4v) is 2.15. The van der Waals surface area contributed by atoms with Crippen molar-refractivity contribution in [2.24, 2.45) is 5.92 Å². The Balaban J connectivity index is 2.15. The molecule has 2 rings (SSSR count). The highest BCUT2D eigenvalue weighted by Gasteiger charge is 2.21. The summed E-state index contributed by atoms with van der Waals surface area (Å²) in [7, 11) is 1.39. The van der Waals surface area contributed by atoms with Crippen LogP contribution in [0.1, 0.15) is 16.7 Å². The lowest BCUT2D eigenvalue weighted by atomic mass is 10.0. The fraction of sp³-hybridized carbons (Fsp3) is 0.385. The van der Waals surface area contributed by atoms with Gasteiger partial charge in [0.2, 0.25) is 0 Å². The van der Waals surface area contributed by atoms with Crippen molar-refractivity contribution >= 4 is 12.3 Å². The van der Waals surface area contributed by atoms with Gasteiger partial charge in [-0.25, -0.2) is 0 Å². The lowest BCUT2D eigenvalue weighted by Crippen LogP contribution is -2.04. The van der Waals surface area contributed by atoms with Crippen molar-refractivity contribution in [3.8, 4) is 0 Å². The molecule has 0 aromatic heterocycles. The molecule has 1 aromatic carbocycles. The fourth-order valence-electron chi connectivity index (χ4n) is 2.15. The van der Waals surface area contributed by atoms with Gasteiger partial charge < -0.3 is 9.53 Å². The summed E-state index contributed by atoms with van der Waals surface area (Å²) >= 11 is 0. The van der Waals surface area contributed by atoms with Gasteiger partial charge in [0, 0.05) is 5.92 Å². The van der Waals surface area contributed by atoms with Crippen LogP contribution in [0.5, 0.6) is 0 Å². The summed E-state index contributed by atoms with van der Waals surface area (Å²) in [6.07, 6.45) is 2.95. The number of carbonyl (C=O) groups is 2. The third-order valence-corrected chi connectivity index (χ3v) is 3.00. The Morgan fingerprint density at radius 2 is 2.19 bits per heavy atom. The Morgan fingerprint density at radius 3 is 2.88 bits per heavy atom. The van der Waals surface area contributed by atoms with Gasteiger partial charge in [-0.05, 0) is 29.5 Å². The normalized spacial score (nSPS) is 17.9. The van der Waals surface area contributed by atoms with Gasteiger partial charge in [0.1, 0.15) is 6.29 Å². The standard InChI is InChI=1S/C13H14O3/c1-16-13(15)7-9-2-3-11-5-10(8-14)6-12(11)4-9/h2-4,8,10H,5-7H2,1H3. The van der Waals surface area contributed by atoms with Gasteiger partial charge in [-0.2, -0.15) is 0 Å². The van der Waals surface area contributed by atoms with E-state index in [0.29, 0.717) is 6.42 Å². The molecule has 1 aliphatic rings. The molecule has 0 heterocycles. The molecule has 0 radical (unpaired) electrons. The van der Waals surface area contributed by atoms with Crippen molar-refractivity contribution in [3.63, 3.8) is 0 Å². The molecule has 0 bridgehead atoms. The molecule has 0 saturated carbocycles. The zero-order valence-corrected chi connectivity index (χ0v) is 9.23. The molecule has 1 atom stereocenters. The van der Waals surface area contributed by atoms with E-state index in [-0.39, 0.29) is 11.9 Å². The molecule has 16 heavy (non-hydrogen) atoms. The molecule has 1 unspecified atom stereocenters. The highest BCUT2D eigenvalue weighted by atomic mass is 16.5. The van der Waals surface area contributed by atoms with Crippen molar-refractivity contribution in [1.29, 1.82) is 0 Å². The predicted octanol–water partition coefficient (Wildman–Crippen LogP) is 1.32. The topological polar surface area (TPSA) is 43.4 Å². The van der Waals surface area contributed by atoms with Gasteiger partial charge in [0.05, 0.1) is 13.5 Å².